The summed E-state index contributed by atoms with van der Waals surface area (Å²) >= 11 is 31.3. The second kappa shape index (κ2) is 36.3. The third kappa shape index (κ3) is 18.8. The predicted octanol–water partition coefficient (Wildman–Crippen LogP) is 1.46. The van der Waals surface area contributed by atoms with Gasteiger partial charge in [0.05, 0.1) is 51.8 Å². The molecule has 0 amide bonds. The third-order valence-corrected chi connectivity index (χ3v) is 31.3. The van der Waals surface area contributed by atoms with E-state index in [1.165, 1.54) is 38.5 Å². The lowest BCUT2D eigenvalue weighted by atomic mass is 10.1. The average Bonchev–Trinajstić information content (AvgIpc) is 1.60. The van der Waals surface area contributed by atoms with Gasteiger partial charge >= 0.3 is 40.3 Å². The molecule has 21 heterocycles. The normalized spacial score (nSPS) is 36.9. The number of hydrogen-bond donors (Lipinski definition) is 15. The summed E-state index contributed by atoms with van der Waals surface area (Å²) < 4.78 is 174. The van der Waals surface area contributed by atoms with Gasteiger partial charge in [-0.25, -0.2) is 32.5 Å². The van der Waals surface area contributed by atoms with E-state index >= 15 is 17.6 Å². The molecular formula is C63H71F4N27O27P6S6. The Morgan fingerprint density at radius 2 is 0.632 bits per heavy atom. The van der Waals surface area contributed by atoms with Crippen molar-refractivity contribution >= 4 is 213 Å². The molecule has 0 aromatic carbocycles. The van der Waals surface area contributed by atoms with E-state index in [0.29, 0.717) is 50.2 Å². The van der Waals surface area contributed by atoms with Gasteiger partial charge in [-0.1, -0.05) is 15.6 Å². The van der Waals surface area contributed by atoms with E-state index in [1.54, 1.807) is 48.8 Å². The minimum absolute atomic E-state index is 0.0219. The molecule has 714 valence electrons. The SMILES string of the molecule is Nc1nc2c(nnn2[C@@H]2O[C@@H]3COP(O)(=S)O[C@H]4[C@H](F)[C@H](n5ccc6c(N)ccnc65)O[C@@H]4COP(O)(=S)O[C@@H]2C3)c(=O)[nH]1.Nc1nc2c(nnn2[C@@H]2O[C@@H]3COP(O)(=S)O[C@H]4[C@H](F)[C@H](n5ccc6c(N)ccnc65)O[C@@H]4COP(O)(=S)O[C@@H]2C3)c(=O)[nH]1.Nc1nc2c(nnn2[C@@H]2O[C@@H]3COP(O)(=S)O[C@H]4[C@H](F)[C@H](n5ccc6c(N)ccnc65)O[C@@H]4COP(O)(=S)O[C@@H]2[C@@H]3F)c(=O)[nH]1. The largest absolute Gasteiger partial charge is 0.398 e. The van der Waals surface area contributed by atoms with Crippen molar-refractivity contribution in [2.45, 2.75) is 148 Å². The first-order valence-electron chi connectivity index (χ1n) is 39.0. The molecule has 0 aliphatic carbocycles. The van der Waals surface area contributed by atoms with E-state index in [4.69, 9.17) is 188 Å². The lowest BCUT2D eigenvalue weighted by Gasteiger charge is -2.27. The topological polar surface area (TPSA) is 726 Å². The first kappa shape index (κ1) is 94.3. The number of hydrogen-bond acceptors (Lipinski definition) is 45. The first-order valence-corrected chi connectivity index (χ1v) is 54.5. The molecule has 6 unspecified atom stereocenters. The molecule has 12 aromatic heterocycles. The number of H-pyrrole nitrogens is 3. The maximum absolute atomic E-state index is 16.0. The number of nitrogen functional groups attached to an aromatic ring is 6. The van der Waals surface area contributed by atoms with Crippen molar-refractivity contribution in [1.29, 1.82) is 0 Å². The second-order valence-corrected chi connectivity index (χ2v) is 47.3. The fourth-order valence-electron chi connectivity index (χ4n) is 16.0. The summed E-state index contributed by atoms with van der Waals surface area (Å²) in [7, 11) is 0. The van der Waals surface area contributed by atoms with Gasteiger partial charge in [0.25, 0.3) is 16.7 Å². The Bertz CT molecular complexity index is 6790. The first-order chi connectivity index (χ1) is 63.1. The van der Waals surface area contributed by atoms with Crippen molar-refractivity contribution < 1.29 is 130 Å². The van der Waals surface area contributed by atoms with E-state index in [9.17, 15) is 43.7 Å². The number of nitrogens with two attached hydrogens (primary N) is 6. The van der Waals surface area contributed by atoms with Crippen molar-refractivity contribution in [3.05, 3.63) is 105 Å². The number of anilines is 6. The minimum Gasteiger partial charge on any atom is -0.398 e. The maximum Gasteiger partial charge on any atom is 0.325 e. The van der Waals surface area contributed by atoms with Crippen LogP contribution in [0.3, 0.4) is 0 Å². The number of alkyl halides is 4. The lowest BCUT2D eigenvalue weighted by Crippen LogP contribution is -2.34. The van der Waals surface area contributed by atoms with E-state index in [-0.39, 0.29) is 77.4 Å². The van der Waals surface area contributed by atoms with Gasteiger partial charge in [0.1, 0.15) is 78.0 Å². The third-order valence-electron chi connectivity index (χ3n) is 21.9. The molecule has 9 saturated heterocycles. The van der Waals surface area contributed by atoms with Crippen LogP contribution in [0.4, 0.5) is 52.5 Å². The lowest BCUT2D eigenvalue weighted by molar-refractivity contribution is -0.0639. The molecule has 0 spiro atoms. The van der Waals surface area contributed by atoms with Gasteiger partial charge in [-0.05, 0) is 107 Å². The van der Waals surface area contributed by atoms with Crippen LogP contribution in [-0.4, -0.2) is 270 Å². The Kier molecular flexibility index (Phi) is 25.7. The summed E-state index contributed by atoms with van der Waals surface area (Å²) in [5.41, 5.74) is 34.7. The van der Waals surface area contributed by atoms with Gasteiger partial charge in [0.2, 0.25) is 17.8 Å². The van der Waals surface area contributed by atoms with Crippen LogP contribution in [0, 0.1) is 0 Å². The summed E-state index contributed by atoms with van der Waals surface area (Å²) in [5.74, 6) is -0.679. The van der Waals surface area contributed by atoms with Crippen molar-refractivity contribution in [1.82, 2.24) is 104 Å². The molecule has 12 aromatic rings. The van der Waals surface area contributed by atoms with Gasteiger partial charge in [-0.15, -0.1) is 15.3 Å². The number of nitrogens with one attached hydrogen (secondary N) is 3. The molecule has 9 aliphatic heterocycles. The zero-order chi connectivity index (χ0) is 93.8. The monoisotopic (exact) mass is 2090 g/mol. The molecule has 9 aliphatic rings. The smallest absolute Gasteiger partial charge is 0.325 e. The van der Waals surface area contributed by atoms with E-state index in [1.807, 2.05) is 0 Å². The summed E-state index contributed by atoms with van der Waals surface area (Å²) in [6.45, 7) is -28.1. The molecule has 28 atom stereocenters. The molecule has 9 fully saturated rings. The molecule has 6 bridgehead atoms. The number of pyridine rings is 3. The molecule has 0 saturated carbocycles. The summed E-state index contributed by atoms with van der Waals surface area (Å²) in [6.07, 6.45) is -21.9. The quantitative estimate of drug-likeness (QED) is 0.0827. The highest BCUT2D eigenvalue weighted by Crippen LogP contribution is 2.60. The van der Waals surface area contributed by atoms with Crippen LogP contribution in [0.25, 0.3) is 66.6 Å². The Hall–Kier alpha value is -7.63. The average molecular weight is 2090 g/mol. The summed E-state index contributed by atoms with van der Waals surface area (Å²) in [6, 6.07) is 9.73. The van der Waals surface area contributed by atoms with Gasteiger partial charge < -0.3 is 142 Å². The van der Waals surface area contributed by atoms with Gasteiger partial charge in [0.15, 0.2) is 95.5 Å². The van der Waals surface area contributed by atoms with Crippen molar-refractivity contribution in [3.8, 4) is 0 Å². The van der Waals surface area contributed by atoms with Crippen LogP contribution in [-0.2, 0) is 154 Å². The van der Waals surface area contributed by atoms with Crippen LogP contribution in [0.15, 0.2) is 88.0 Å². The number of aromatic amines is 3. The van der Waals surface area contributed by atoms with Crippen LogP contribution in [0.5, 0.6) is 0 Å². The highest BCUT2D eigenvalue weighted by Gasteiger charge is 2.58. The summed E-state index contributed by atoms with van der Waals surface area (Å²) in [5, 5.41) is 24.9. The molecule has 133 heavy (non-hydrogen) atoms. The number of rotatable bonds is 6. The Labute approximate surface area is 768 Å². The fraction of sp³-hybridized carbons (Fsp3) is 0.476. The highest BCUT2D eigenvalue weighted by molar-refractivity contribution is 8.08. The zero-order valence-electron chi connectivity index (χ0n) is 66.7. The highest BCUT2D eigenvalue weighted by atomic mass is 32.5. The van der Waals surface area contributed by atoms with Crippen LogP contribution in [0.2, 0.25) is 0 Å². The standard InChI is InChI=1S/C21H23F2N9O9P2S2.2C21H24FN9O9P2S2/c22-11-9-5-36-42(34,44)40-14-10(39-19(12(14)23)31-4-2-7-8(24)1-3-26-16(7)31)6-37-43(35,45)41-15(11)20(38-9)32-17-13(29-30-32)18(33)28-21(25)27-17;2*22-13-15-12(38-20(13)30-4-2-9-10(23)1-3-25-16(9)30)7-36-41(33,43)39-11-5-8(6-35-42(34,44)40-15)37-19(11)31-17-14(28-29-31)18(32)27-21(24)26-17/h1-4,9-12,14-15,19-20H,5-6H2,(H2,24,26)(H,34,44)(H,35,45)(H3,25,27,28,33);2*1-4,8,11-13,15,19-20H,5-7H2,(H2,23,25)(H,33,43)(H,34,44)(H3,24,26,27,32)/t9-,10-,11-,12+,14-,15-,19-,20-,42?,43?;2*8-,11+,12+,13-,15+,19+,20+,41?,42?/m100/s1. The van der Waals surface area contributed by atoms with Crippen LogP contribution in [0.1, 0.15) is 50.2 Å². The zero-order valence-corrected chi connectivity index (χ0v) is 77.0. The minimum atomic E-state index is -4.36. The van der Waals surface area contributed by atoms with Crippen LogP contribution >= 0.6 is 40.3 Å². The molecular weight excluding hydrogens is 2020 g/mol. The Balaban J connectivity index is 0.000000129. The van der Waals surface area contributed by atoms with Gasteiger partial charge in [0, 0.05) is 83.2 Å². The van der Waals surface area contributed by atoms with Crippen LogP contribution < -0.4 is 51.1 Å². The van der Waals surface area contributed by atoms with Gasteiger partial charge in [-0.2, -0.15) is 29.0 Å². The summed E-state index contributed by atoms with van der Waals surface area (Å²) in [4.78, 5) is 135. The van der Waals surface area contributed by atoms with E-state index in [0.717, 1.165) is 14.0 Å². The number of ether oxygens (including phenoxy) is 6. The second-order valence-electron chi connectivity index (χ2n) is 30.5. The molecule has 54 nitrogen and oxygen atoms in total. The number of nitrogens with zero attached hydrogens (tertiary/aromatic N) is 18. The Morgan fingerprint density at radius 3 is 0.962 bits per heavy atom. The number of fused-ring (bicyclic) bond motifs is 15. The molecule has 70 heteroatoms. The predicted molar refractivity (Wildman–Crippen MR) is 470 cm³/mol. The van der Waals surface area contributed by atoms with Crippen molar-refractivity contribution in [3.63, 3.8) is 0 Å². The van der Waals surface area contributed by atoms with Gasteiger partial charge in [-0.3, -0.25) is 47.4 Å². The number of aromatic nitrogens is 21. The molecule has 0 radical (unpaired) electrons. The van der Waals surface area contributed by atoms with Crippen molar-refractivity contribution in [2.24, 2.45) is 0 Å². The number of halogens is 4. The Morgan fingerprint density at radius 1 is 0.346 bits per heavy atom. The molecule has 21 rings (SSSR count). The molecule has 21 N–H and O–H groups in total. The van der Waals surface area contributed by atoms with E-state index in [2.05, 4.69) is 75.8 Å². The fourth-order valence-corrected chi connectivity index (χ4v) is 24.7. The van der Waals surface area contributed by atoms with E-state index < -0.39 is 219 Å². The maximum atomic E-state index is 16.0. The van der Waals surface area contributed by atoms with Crippen molar-refractivity contribution in [2.75, 3.05) is 74.0 Å².